The van der Waals surface area contributed by atoms with Crippen molar-refractivity contribution in [2.75, 3.05) is 6.61 Å². The summed E-state index contributed by atoms with van der Waals surface area (Å²) in [5.74, 6) is -0.198. The van der Waals surface area contributed by atoms with Crippen molar-refractivity contribution in [3.8, 4) is 11.8 Å². The van der Waals surface area contributed by atoms with Crippen LogP contribution in [0.1, 0.15) is 46.0 Å². The van der Waals surface area contributed by atoms with Crippen LogP contribution in [0.25, 0.3) is 0 Å². The van der Waals surface area contributed by atoms with Crippen LogP contribution in [-0.4, -0.2) is 18.5 Å². The summed E-state index contributed by atoms with van der Waals surface area (Å²) in [7, 11) is 0. The van der Waals surface area contributed by atoms with Gasteiger partial charge in [-0.05, 0) is 38.3 Å². The van der Waals surface area contributed by atoms with Crippen LogP contribution in [0, 0.1) is 16.7 Å². The van der Waals surface area contributed by atoms with Gasteiger partial charge in [0.2, 0.25) is 0 Å². The first kappa shape index (κ1) is 18.7. The smallest absolute Gasteiger partial charge is 0.311 e. The molecule has 0 saturated heterocycles. The summed E-state index contributed by atoms with van der Waals surface area (Å²) in [6.07, 6.45) is 1.64. The second-order valence-electron chi connectivity index (χ2n) is 5.34. The summed E-state index contributed by atoms with van der Waals surface area (Å²) in [4.78, 5) is 23.4. The number of benzene rings is 1. The van der Waals surface area contributed by atoms with Crippen molar-refractivity contribution in [3.63, 3.8) is 0 Å². The summed E-state index contributed by atoms with van der Waals surface area (Å²) in [6.45, 7) is 3.96. The molecule has 23 heavy (non-hydrogen) atoms. The Balaban J connectivity index is 2.53. The van der Waals surface area contributed by atoms with Gasteiger partial charge in [-0.2, -0.15) is 5.26 Å². The van der Waals surface area contributed by atoms with Crippen molar-refractivity contribution in [1.82, 2.24) is 0 Å². The number of rotatable bonds is 9. The summed E-state index contributed by atoms with van der Waals surface area (Å²) in [5.41, 5.74) is -0.706. The fourth-order valence-electron chi connectivity index (χ4n) is 2.26. The normalized spacial score (nSPS) is 12.7. The molecule has 0 amide bonds. The van der Waals surface area contributed by atoms with Crippen LogP contribution < -0.4 is 4.74 Å². The molecule has 1 rings (SSSR count). The molecule has 0 aliphatic rings. The number of hydrogen-bond acceptors (Lipinski definition) is 5. The molecule has 0 fully saturated rings. The number of nitriles is 1. The van der Waals surface area contributed by atoms with Gasteiger partial charge in [0.1, 0.15) is 5.75 Å². The van der Waals surface area contributed by atoms with E-state index in [2.05, 4.69) is 6.07 Å². The van der Waals surface area contributed by atoms with Gasteiger partial charge in [0.15, 0.2) is 0 Å². The number of esters is 2. The van der Waals surface area contributed by atoms with Crippen molar-refractivity contribution < 1.29 is 19.1 Å². The minimum absolute atomic E-state index is 0.138. The SMILES string of the molecule is CCOC(=O)CCC(C#N)(CC)CCC(=O)Oc1ccccc1. The van der Waals surface area contributed by atoms with Gasteiger partial charge in [0.05, 0.1) is 18.1 Å². The summed E-state index contributed by atoms with van der Waals surface area (Å²) >= 11 is 0. The molecule has 124 valence electrons. The van der Waals surface area contributed by atoms with Crippen LogP contribution in [0.3, 0.4) is 0 Å². The fourth-order valence-corrected chi connectivity index (χ4v) is 2.26. The molecule has 0 aromatic heterocycles. The molecule has 0 heterocycles. The predicted molar refractivity (Wildman–Crippen MR) is 85.5 cm³/mol. The van der Waals surface area contributed by atoms with E-state index in [1.807, 2.05) is 13.0 Å². The lowest BCUT2D eigenvalue weighted by Gasteiger charge is -2.24. The third kappa shape index (κ3) is 6.52. The molecule has 1 aromatic rings. The molecular weight excluding hydrogens is 294 g/mol. The molecule has 0 aliphatic heterocycles. The maximum Gasteiger partial charge on any atom is 0.311 e. The Morgan fingerprint density at radius 1 is 1.09 bits per heavy atom. The van der Waals surface area contributed by atoms with E-state index in [4.69, 9.17) is 9.47 Å². The van der Waals surface area contributed by atoms with Gasteiger partial charge < -0.3 is 9.47 Å². The molecule has 0 spiro atoms. The van der Waals surface area contributed by atoms with E-state index in [0.717, 1.165) is 0 Å². The van der Waals surface area contributed by atoms with Crippen molar-refractivity contribution >= 4 is 11.9 Å². The van der Waals surface area contributed by atoms with Crippen molar-refractivity contribution in [3.05, 3.63) is 30.3 Å². The molecule has 0 bridgehead atoms. The first-order chi connectivity index (χ1) is 11.0. The number of carbonyl (C=O) groups is 2. The molecule has 5 heteroatoms. The summed E-state index contributed by atoms with van der Waals surface area (Å²) < 4.78 is 10.1. The Morgan fingerprint density at radius 2 is 1.70 bits per heavy atom. The lowest BCUT2D eigenvalue weighted by Crippen LogP contribution is -2.22. The fraction of sp³-hybridized carbons (Fsp3) is 0.500. The maximum absolute atomic E-state index is 11.9. The predicted octanol–water partition coefficient (Wildman–Crippen LogP) is 3.64. The van der Waals surface area contributed by atoms with Crippen LogP contribution >= 0.6 is 0 Å². The maximum atomic E-state index is 11.9. The molecule has 1 aromatic carbocycles. The molecule has 0 aliphatic carbocycles. The van der Waals surface area contributed by atoms with E-state index in [-0.39, 0.29) is 24.8 Å². The second kappa shape index (κ2) is 9.62. The number of carbonyl (C=O) groups excluding carboxylic acids is 2. The Labute approximate surface area is 137 Å². The zero-order chi connectivity index (χ0) is 17.1. The van der Waals surface area contributed by atoms with Gasteiger partial charge in [-0.3, -0.25) is 9.59 Å². The van der Waals surface area contributed by atoms with Crippen molar-refractivity contribution in [2.24, 2.45) is 5.41 Å². The minimum Gasteiger partial charge on any atom is -0.466 e. The average Bonchev–Trinajstić information content (AvgIpc) is 2.57. The monoisotopic (exact) mass is 317 g/mol. The topological polar surface area (TPSA) is 76.4 Å². The summed E-state index contributed by atoms with van der Waals surface area (Å²) in [6, 6.07) is 11.1. The third-order valence-corrected chi connectivity index (χ3v) is 3.81. The third-order valence-electron chi connectivity index (χ3n) is 3.81. The molecule has 0 saturated carbocycles. The van der Waals surface area contributed by atoms with Gasteiger partial charge in [-0.25, -0.2) is 0 Å². The van der Waals surface area contributed by atoms with Gasteiger partial charge in [0.25, 0.3) is 0 Å². The van der Waals surface area contributed by atoms with Gasteiger partial charge in [-0.1, -0.05) is 25.1 Å². The van der Waals surface area contributed by atoms with Crippen molar-refractivity contribution in [1.29, 1.82) is 5.26 Å². The Hall–Kier alpha value is -2.35. The molecule has 1 unspecified atom stereocenters. The molecule has 0 radical (unpaired) electrons. The van der Waals surface area contributed by atoms with Gasteiger partial charge >= 0.3 is 11.9 Å². The Morgan fingerprint density at radius 3 is 2.22 bits per heavy atom. The highest BCUT2D eigenvalue weighted by atomic mass is 16.5. The number of hydrogen-bond donors (Lipinski definition) is 0. The molecule has 0 N–H and O–H groups in total. The van der Waals surface area contributed by atoms with E-state index in [9.17, 15) is 14.9 Å². The van der Waals surface area contributed by atoms with Crippen molar-refractivity contribution in [2.45, 2.75) is 46.0 Å². The first-order valence-electron chi connectivity index (χ1n) is 7.88. The highest BCUT2D eigenvalue weighted by molar-refractivity contribution is 5.72. The van der Waals surface area contributed by atoms with Crippen LogP contribution in [0.15, 0.2) is 30.3 Å². The van der Waals surface area contributed by atoms with Crippen LogP contribution in [-0.2, 0) is 14.3 Å². The van der Waals surface area contributed by atoms with E-state index >= 15 is 0 Å². The zero-order valence-corrected chi connectivity index (χ0v) is 13.7. The Kier molecular flexibility index (Phi) is 7.82. The van der Waals surface area contributed by atoms with Gasteiger partial charge in [-0.15, -0.1) is 0 Å². The quantitative estimate of drug-likeness (QED) is 0.513. The van der Waals surface area contributed by atoms with E-state index < -0.39 is 5.41 Å². The molecule has 5 nitrogen and oxygen atoms in total. The molecule has 1 atom stereocenters. The zero-order valence-electron chi connectivity index (χ0n) is 13.7. The largest absolute Gasteiger partial charge is 0.466 e. The molecular formula is C18H23NO4. The van der Waals surface area contributed by atoms with E-state index in [1.165, 1.54) is 0 Å². The lowest BCUT2D eigenvalue weighted by atomic mass is 9.78. The van der Waals surface area contributed by atoms with E-state index in [1.54, 1.807) is 31.2 Å². The minimum atomic E-state index is -0.706. The number of para-hydroxylation sites is 1. The average molecular weight is 317 g/mol. The highest BCUT2D eigenvalue weighted by Gasteiger charge is 2.30. The van der Waals surface area contributed by atoms with Crippen LogP contribution in [0.5, 0.6) is 5.75 Å². The standard InChI is InChI=1S/C18H23NO4/c1-3-18(14-19,12-10-16(20)22-4-2)13-11-17(21)23-15-8-6-5-7-9-15/h5-9H,3-4,10-13H2,1-2H3. The van der Waals surface area contributed by atoms with Gasteiger partial charge in [0, 0.05) is 12.8 Å². The number of ether oxygens (including phenoxy) is 2. The first-order valence-corrected chi connectivity index (χ1v) is 7.88. The number of nitrogens with zero attached hydrogens (tertiary/aromatic N) is 1. The van der Waals surface area contributed by atoms with Crippen LogP contribution in [0.2, 0.25) is 0 Å². The second-order valence-corrected chi connectivity index (χ2v) is 5.34. The lowest BCUT2D eigenvalue weighted by molar-refractivity contribution is -0.143. The Bertz CT molecular complexity index is 550. The summed E-state index contributed by atoms with van der Waals surface area (Å²) in [5, 5.41) is 9.47. The van der Waals surface area contributed by atoms with E-state index in [0.29, 0.717) is 31.6 Å². The van der Waals surface area contributed by atoms with Crippen LogP contribution in [0.4, 0.5) is 0 Å². The highest BCUT2D eigenvalue weighted by Crippen LogP contribution is 2.33.